The SMILES string of the molecule is CCCCNC(=O)C(c1ccc(O)cc1)N(C(=O)C(NC(=O)OC(C)(C)C)C(C)C)C(C)(C)C. The fourth-order valence-corrected chi connectivity index (χ4v) is 3.50. The van der Waals surface area contributed by atoms with Crippen molar-refractivity contribution < 1.29 is 24.2 Å². The smallest absolute Gasteiger partial charge is 0.408 e. The lowest BCUT2D eigenvalue weighted by molar-refractivity contribution is -0.149. The molecule has 192 valence electrons. The van der Waals surface area contributed by atoms with Gasteiger partial charge in [-0.2, -0.15) is 0 Å². The summed E-state index contributed by atoms with van der Waals surface area (Å²) in [6.45, 7) is 17.0. The number of nitrogens with one attached hydrogen (secondary N) is 2. The Morgan fingerprint density at radius 3 is 2.03 bits per heavy atom. The average Bonchev–Trinajstić information content (AvgIpc) is 2.68. The topological polar surface area (TPSA) is 108 Å². The van der Waals surface area contributed by atoms with E-state index in [2.05, 4.69) is 10.6 Å². The molecule has 0 heterocycles. The zero-order chi connectivity index (χ0) is 26.3. The molecule has 2 atom stereocenters. The Hall–Kier alpha value is -2.77. The van der Waals surface area contributed by atoms with Crippen LogP contribution in [0.4, 0.5) is 4.79 Å². The molecule has 1 rings (SSSR count). The van der Waals surface area contributed by atoms with Crippen molar-refractivity contribution in [3.8, 4) is 5.75 Å². The number of rotatable bonds is 9. The van der Waals surface area contributed by atoms with Gasteiger partial charge in [0.15, 0.2) is 0 Å². The molecule has 2 unspecified atom stereocenters. The number of nitrogens with zero attached hydrogens (tertiary/aromatic N) is 1. The Morgan fingerprint density at radius 2 is 1.59 bits per heavy atom. The zero-order valence-electron chi connectivity index (χ0n) is 22.2. The summed E-state index contributed by atoms with van der Waals surface area (Å²) in [4.78, 5) is 41.4. The largest absolute Gasteiger partial charge is 0.508 e. The highest BCUT2D eigenvalue weighted by molar-refractivity contribution is 5.92. The lowest BCUT2D eigenvalue weighted by Crippen LogP contribution is -2.59. The molecule has 8 heteroatoms. The minimum absolute atomic E-state index is 0.0641. The second-order valence-corrected chi connectivity index (χ2v) is 10.9. The average molecular weight is 478 g/mol. The van der Waals surface area contributed by atoms with Crippen LogP contribution in [0.5, 0.6) is 5.75 Å². The molecule has 34 heavy (non-hydrogen) atoms. The van der Waals surface area contributed by atoms with Crippen LogP contribution in [-0.4, -0.2) is 51.6 Å². The van der Waals surface area contributed by atoms with Crippen molar-refractivity contribution in [1.29, 1.82) is 0 Å². The Morgan fingerprint density at radius 1 is 1.03 bits per heavy atom. The Kier molecular flexibility index (Phi) is 10.4. The van der Waals surface area contributed by atoms with Crippen LogP contribution in [0.3, 0.4) is 0 Å². The molecule has 8 nitrogen and oxygen atoms in total. The number of hydrogen-bond donors (Lipinski definition) is 3. The molecule has 0 bridgehead atoms. The first-order valence-corrected chi connectivity index (χ1v) is 12.0. The molecular formula is C26H43N3O5. The highest BCUT2D eigenvalue weighted by Crippen LogP contribution is 2.31. The predicted octanol–water partition coefficient (Wildman–Crippen LogP) is 4.53. The van der Waals surface area contributed by atoms with Gasteiger partial charge in [0.1, 0.15) is 23.4 Å². The van der Waals surface area contributed by atoms with Gasteiger partial charge in [-0.3, -0.25) is 9.59 Å². The van der Waals surface area contributed by atoms with Crippen molar-refractivity contribution in [3.05, 3.63) is 29.8 Å². The molecule has 0 saturated carbocycles. The van der Waals surface area contributed by atoms with Gasteiger partial charge in [0.25, 0.3) is 0 Å². The van der Waals surface area contributed by atoms with Crippen molar-refractivity contribution in [3.63, 3.8) is 0 Å². The van der Waals surface area contributed by atoms with Crippen molar-refractivity contribution in [2.75, 3.05) is 6.54 Å². The van der Waals surface area contributed by atoms with Gasteiger partial charge >= 0.3 is 6.09 Å². The summed E-state index contributed by atoms with van der Waals surface area (Å²) in [6.07, 6.45) is 1.04. The van der Waals surface area contributed by atoms with E-state index in [0.717, 1.165) is 12.8 Å². The molecule has 0 aromatic heterocycles. The van der Waals surface area contributed by atoms with Crippen LogP contribution in [0.15, 0.2) is 24.3 Å². The van der Waals surface area contributed by atoms with E-state index >= 15 is 0 Å². The maximum Gasteiger partial charge on any atom is 0.408 e. The van der Waals surface area contributed by atoms with E-state index in [1.165, 1.54) is 17.0 Å². The Labute approximate surface area is 204 Å². The second-order valence-electron chi connectivity index (χ2n) is 10.9. The quantitative estimate of drug-likeness (QED) is 0.453. The van der Waals surface area contributed by atoms with E-state index in [-0.39, 0.29) is 17.6 Å². The summed E-state index contributed by atoms with van der Waals surface area (Å²) in [5, 5.41) is 15.4. The Balaban J connectivity index is 3.47. The van der Waals surface area contributed by atoms with E-state index in [9.17, 15) is 19.5 Å². The number of benzene rings is 1. The highest BCUT2D eigenvalue weighted by Gasteiger charge is 2.42. The molecule has 0 aliphatic heterocycles. The van der Waals surface area contributed by atoms with Gasteiger partial charge in [-0.1, -0.05) is 39.3 Å². The Bertz CT molecular complexity index is 822. The van der Waals surface area contributed by atoms with E-state index < -0.39 is 35.2 Å². The van der Waals surface area contributed by atoms with Crippen LogP contribution in [0, 0.1) is 5.92 Å². The van der Waals surface area contributed by atoms with Gasteiger partial charge in [-0.25, -0.2) is 4.79 Å². The number of carbonyl (C=O) groups is 3. The number of ether oxygens (including phenoxy) is 1. The third-order valence-corrected chi connectivity index (χ3v) is 5.11. The van der Waals surface area contributed by atoms with E-state index in [4.69, 9.17) is 4.74 Å². The first-order valence-electron chi connectivity index (χ1n) is 12.0. The minimum atomic E-state index is -0.952. The van der Waals surface area contributed by atoms with E-state index in [1.807, 2.05) is 41.5 Å². The van der Waals surface area contributed by atoms with Crippen LogP contribution in [0.1, 0.15) is 86.8 Å². The first kappa shape index (κ1) is 29.3. The van der Waals surface area contributed by atoms with Crippen molar-refractivity contribution in [2.24, 2.45) is 5.92 Å². The molecule has 3 N–H and O–H groups in total. The molecule has 3 amide bonds. The van der Waals surface area contributed by atoms with Gasteiger partial charge in [0.2, 0.25) is 11.8 Å². The molecule has 0 aliphatic rings. The van der Waals surface area contributed by atoms with E-state index in [1.54, 1.807) is 32.9 Å². The minimum Gasteiger partial charge on any atom is -0.508 e. The van der Waals surface area contributed by atoms with Gasteiger partial charge in [0.05, 0.1) is 0 Å². The summed E-state index contributed by atoms with van der Waals surface area (Å²) in [5.74, 6) is -0.901. The normalized spacial score (nSPS) is 13.7. The maximum absolute atomic E-state index is 14.0. The van der Waals surface area contributed by atoms with Gasteiger partial charge in [-0.15, -0.1) is 0 Å². The number of hydrogen-bond acceptors (Lipinski definition) is 5. The summed E-state index contributed by atoms with van der Waals surface area (Å²) >= 11 is 0. The first-order chi connectivity index (χ1) is 15.6. The van der Waals surface area contributed by atoms with Crippen LogP contribution in [-0.2, 0) is 14.3 Å². The predicted molar refractivity (Wildman–Crippen MR) is 133 cm³/mol. The molecule has 0 aliphatic carbocycles. The van der Waals surface area contributed by atoms with Crippen LogP contribution in [0.2, 0.25) is 0 Å². The number of amides is 3. The third kappa shape index (κ3) is 8.88. The third-order valence-electron chi connectivity index (χ3n) is 5.11. The number of unbranched alkanes of at least 4 members (excludes halogenated alkanes) is 1. The molecule has 1 aromatic rings. The van der Waals surface area contributed by atoms with E-state index in [0.29, 0.717) is 12.1 Å². The second kappa shape index (κ2) is 12.1. The lowest BCUT2D eigenvalue weighted by atomic mass is 9.93. The van der Waals surface area contributed by atoms with Crippen LogP contribution < -0.4 is 10.6 Å². The lowest BCUT2D eigenvalue weighted by Gasteiger charge is -2.43. The molecule has 0 radical (unpaired) electrons. The van der Waals surface area contributed by atoms with Crippen molar-refractivity contribution >= 4 is 17.9 Å². The zero-order valence-corrected chi connectivity index (χ0v) is 22.2. The van der Waals surface area contributed by atoms with Crippen LogP contribution >= 0.6 is 0 Å². The summed E-state index contributed by atoms with van der Waals surface area (Å²) < 4.78 is 5.38. The molecular weight excluding hydrogens is 434 g/mol. The fraction of sp³-hybridized carbons (Fsp3) is 0.654. The van der Waals surface area contributed by atoms with Gasteiger partial charge in [0, 0.05) is 12.1 Å². The maximum atomic E-state index is 14.0. The van der Waals surface area contributed by atoms with Crippen LogP contribution in [0.25, 0.3) is 0 Å². The molecule has 0 fully saturated rings. The summed E-state index contributed by atoms with van der Waals surface area (Å²) in [7, 11) is 0. The number of phenols is 1. The van der Waals surface area contributed by atoms with Gasteiger partial charge < -0.3 is 25.4 Å². The van der Waals surface area contributed by atoms with Gasteiger partial charge in [-0.05, 0) is 71.6 Å². The molecule has 0 spiro atoms. The van der Waals surface area contributed by atoms with Crippen molar-refractivity contribution in [1.82, 2.24) is 15.5 Å². The highest BCUT2D eigenvalue weighted by atomic mass is 16.6. The van der Waals surface area contributed by atoms with Crippen molar-refractivity contribution in [2.45, 2.75) is 98.4 Å². The number of carbonyl (C=O) groups excluding carboxylic acids is 3. The number of alkyl carbamates (subject to hydrolysis) is 1. The monoisotopic (exact) mass is 477 g/mol. The fourth-order valence-electron chi connectivity index (χ4n) is 3.50. The number of aromatic hydroxyl groups is 1. The standard InChI is InChI=1S/C26H43N3O5/c1-10-11-16-27-22(31)21(18-12-14-19(30)15-13-18)29(25(4,5)6)23(32)20(17(2)3)28-24(33)34-26(7,8)9/h12-15,17,20-21,30H,10-11,16H2,1-9H3,(H,27,31)(H,28,33). The molecule has 1 aromatic carbocycles. The number of phenolic OH excluding ortho intramolecular Hbond substituents is 1. The summed E-state index contributed by atoms with van der Waals surface area (Å²) in [6, 6.07) is 4.40. The molecule has 0 saturated heterocycles. The summed E-state index contributed by atoms with van der Waals surface area (Å²) in [5.41, 5.74) is -0.911.